The number of aromatic nitrogens is 3. The SMILES string of the molecule is CC(C)[C@H](NC(=O)Cc1ccccc1)C(=O)OCc1nc(N)nc(Nc2ccccc2)n1. The van der Waals surface area contributed by atoms with Gasteiger partial charge in [0.25, 0.3) is 0 Å². The Morgan fingerprint density at radius 3 is 2.28 bits per heavy atom. The highest BCUT2D eigenvalue weighted by Gasteiger charge is 2.26. The highest BCUT2D eigenvalue weighted by Crippen LogP contribution is 2.13. The molecule has 1 atom stereocenters. The average Bonchev–Trinajstić information content (AvgIpc) is 2.76. The van der Waals surface area contributed by atoms with Crippen molar-refractivity contribution in [1.29, 1.82) is 0 Å². The third kappa shape index (κ3) is 6.76. The number of ether oxygens (including phenoxy) is 1. The summed E-state index contributed by atoms with van der Waals surface area (Å²) in [7, 11) is 0. The Hall–Kier alpha value is -4.01. The second-order valence-corrected chi connectivity index (χ2v) is 7.48. The molecule has 1 heterocycles. The molecule has 0 aliphatic carbocycles. The Labute approximate surface area is 186 Å². The lowest BCUT2D eigenvalue weighted by molar-refractivity contribution is -0.150. The van der Waals surface area contributed by atoms with Gasteiger partial charge in [0.15, 0.2) is 12.4 Å². The van der Waals surface area contributed by atoms with E-state index >= 15 is 0 Å². The molecule has 0 aliphatic heterocycles. The maximum atomic E-state index is 12.7. The van der Waals surface area contributed by atoms with Gasteiger partial charge >= 0.3 is 5.97 Å². The van der Waals surface area contributed by atoms with Gasteiger partial charge in [-0.25, -0.2) is 4.79 Å². The molecule has 9 nitrogen and oxygen atoms in total. The highest BCUT2D eigenvalue weighted by molar-refractivity contribution is 5.85. The number of carbonyl (C=O) groups excluding carboxylic acids is 2. The standard InChI is InChI=1S/C23H26N6O3/c1-15(2)20(28-19(30)13-16-9-5-3-6-10-16)21(31)32-14-18-26-22(24)29-23(27-18)25-17-11-7-4-8-12-17/h3-12,15,20H,13-14H2,1-2H3,(H,28,30)(H3,24,25,26,27,29)/t20-/m0/s1. The topological polar surface area (TPSA) is 132 Å². The lowest BCUT2D eigenvalue weighted by atomic mass is 10.0. The highest BCUT2D eigenvalue weighted by atomic mass is 16.5. The van der Waals surface area contributed by atoms with E-state index in [9.17, 15) is 9.59 Å². The van der Waals surface area contributed by atoms with Gasteiger partial charge in [-0.1, -0.05) is 62.4 Å². The van der Waals surface area contributed by atoms with Crippen molar-refractivity contribution in [2.24, 2.45) is 5.92 Å². The van der Waals surface area contributed by atoms with Gasteiger partial charge in [-0.05, 0) is 23.6 Å². The smallest absolute Gasteiger partial charge is 0.329 e. The molecule has 0 fully saturated rings. The molecule has 166 valence electrons. The third-order valence-corrected chi connectivity index (χ3v) is 4.52. The van der Waals surface area contributed by atoms with Crippen molar-refractivity contribution in [1.82, 2.24) is 20.3 Å². The molecule has 0 unspecified atom stereocenters. The molecule has 0 radical (unpaired) electrons. The first-order valence-corrected chi connectivity index (χ1v) is 10.2. The molecule has 0 spiro atoms. The molecule has 3 rings (SSSR count). The molecule has 2 aromatic carbocycles. The van der Waals surface area contributed by atoms with Crippen LogP contribution in [0.5, 0.6) is 0 Å². The van der Waals surface area contributed by atoms with Crippen LogP contribution >= 0.6 is 0 Å². The molecule has 1 aromatic heterocycles. The van der Waals surface area contributed by atoms with Gasteiger partial charge in [0.2, 0.25) is 17.8 Å². The summed E-state index contributed by atoms with van der Waals surface area (Å²) in [6, 6.07) is 17.8. The zero-order chi connectivity index (χ0) is 22.9. The lowest BCUT2D eigenvalue weighted by Gasteiger charge is -2.20. The minimum absolute atomic E-state index is 0.000976. The van der Waals surface area contributed by atoms with Crippen LogP contribution in [-0.4, -0.2) is 32.9 Å². The van der Waals surface area contributed by atoms with Crippen LogP contribution in [0, 0.1) is 5.92 Å². The molecule has 1 amide bonds. The van der Waals surface area contributed by atoms with Crippen LogP contribution in [0.1, 0.15) is 25.2 Å². The van der Waals surface area contributed by atoms with E-state index < -0.39 is 12.0 Å². The summed E-state index contributed by atoms with van der Waals surface area (Å²) in [4.78, 5) is 37.4. The summed E-state index contributed by atoms with van der Waals surface area (Å²) in [5, 5.41) is 5.78. The summed E-state index contributed by atoms with van der Waals surface area (Å²) < 4.78 is 5.37. The van der Waals surface area contributed by atoms with Crippen LogP contribution in [-0.2, 0) is 27.4 Å². The first-order valence-electron chi connectivity index (χ1n) is 10.2. The van der Waals surface area contributed by atoms with Crippen molar-refractivity contribution in [3.8, 4) is 0 Å². The van der Waals surface area contributed by atoms with E-state index in [1.165, 1.54) is 0 Å². The number of esters is 1. The second kappa shape index (κ2) is 10.9. The summed E-state index contributed by atoms with van der Waals surface area (Å²) in [6.45, 7) is 3.46. The number of hydrogen-bond donors (Lipinski definition) is 3. The number of para-hydroxylation sites is 1. The fraction of sp³-hybridized carbons (Fsp3) is 0.261. The number of rotatable bonds is 9. The van der Waals surface area contributed by atoms with Gasteiger partial charge in [-0.2, -0.15) is 15.0 Å². The number of nitrogens with one attached hydrogen (secondary N) is 2. The zero-order valence-electron chi connectivity index (χ0n) is 18.0. The number of nitrogen functional groups attached to an aromatic ring is 1. The predicted molar refractivity (Wildman–Crippen MR) is 121 cm³/mol. The average molecular weight is 435 g/mol. The molecule has 3 aromatic rings. The van der Waals surface area contributed by atoms with Crippen LogP contribution in [0.3, 0.4) is 0 Å². The number of nitrogens with zero attached hydrogens (tertiary/aromatic N) is 3. The minimum atomic E-state index is -0.799. The Kier molecular flexibility index (Phi) is 7.69. The second-order valence-electron chi connectivity index (χ2n) is 7.48. The molecule has 0 saturated carbocycles. The van der Waals surface area contributed by atoms with E-state index in [1.54, 1.807) is 0 Å². The van der Waals surface area contributed by atoms with Gasteiger partial charge in [0.1, 0.15) is 6.04 Å². The zero-order valence-corrected chi connectivity index (χ0v) is 18.0. The summed E-state index contributed by atoms with van der Waals surface area (Å²) in [6.07, 6.45) is 0.176. The van der Waals surface area contributed by atoms with Crippen molar-refractivity contribution in [2.45, 2.75) is 32.9 Å². The van der Waals surface area contributed by atoms with Gasteiger partial charge in [0.05, 0.1) is 6.42 Å². The fourth-order valence-electron chi connectivity index (χ4n) is 2.94. The number of anilines is 3. The van der Waals surface area contributed by atoms with E-state index in [0.717, 1.165) is 11.3 Å². The van der Waals surface area contributed by atoms with Crippen molar-refractivity contribution in [3.63, 3.8) is 0 Å². The Morgan fingerprint density at radius 2 is 1.62 bits per heavy atom. The first kappa shape index (κ1) is 22.7. The molecule has 0 bridgehead atoms. The normalized spacial score (nSPS) is 11.6. The Balaban J connectivity index is 1.60. The van der Waals surface area contributed by atoms with Crippen LogP contribution in [0.2, 0.25) is 0 Å². The van der Waals surface area contributed by atoms with Crippen LogP contribution < -0.4 is 16.4 Å². The summed E-state index contributed by atoms with van der Waals surface area (Å²) >= 11 is 0. The minimum Gasteiger partial charge on any atom is -0.456 e. The number of hydrogen-bond acceptors (Lipinski definition) is 8. The van der Waals surface area contributed by atoms with Crippen LogP contribution in [0.4, 0.5) is 17.6 Å². The summed E-state index contributed by atoms with van der Waals surface area (Å²) in [5.74, 6) is -0.556. The van der Waals surface area contributed by atoms with E-state index in [1.807, 2.05) is 74.5 Å². The van der Waals surface area contributed by atoms with Gasteiger partial charge < -0.3 is 21.1 Å². The molecule has 4 N–H and O–H groups in total. The van der Waals surface area contributed by atoms with E-state index in [4.69, 9.17) is 10.5 Å². The maximum Gasteiger partial charge on any atom is 0.329 e. The largest absolute Gasteiger partial charge is 0.456 e. The summed E-state index contributed by atoms with van der Waals surface area (Å²) in [5.41, 5.74) is 7.41. The van der Waals surface area contributed by atoms with Crippen molar-refractivity contribution >= 4 is 29.5 Å². The molecule has 0 saturated heterocycles. The Bertz CT molecular complexity index is 1040. The van der Waals surface area contributed by atoms with Crippen LogP contribution in [0.15, 0.2) is 60.7 Å². The fourth-order valence-corrected chi connectivity index (χ4v) is 2.94. The maximum absolute atomic E-state index is 12.7. The number of nitrogens with two attached hydrogens (primary N) is 1. The molecule has 0 aliphatic rings. The Morgan fingerprint density at radius 1 is 0.969 bits per heavy atom. The van der Waals surface area contributed by atoms with Gasteiger partial charge in [0, 0.05) is 5.69 Å². The number of benzene rings is 2. The van der Waals surface area contributed by atoms with E-state index in [2.05, 4.69) is 25.6 Å². The van der Waals surface area contributed by atoms with E-state index in [-0.39, 0.29) is 42.6 Å². The van der Waals surface area contributed by atoms with Gasteiger partial charge in [-0.15, -0.1) is 0 Å². The molecular weight excluding hydrogens is 408 g/mol. The monoisotopic (exact) mass is 434 g/mol. The lowest BCUT2D eigenvalue weighted by Crippen LogP contribution is -2.45. The van der Waals surface area contributed by atoms with Gasteiger partial charge in [-0.3, -0.25) is 4.79 Å². The number of amides is 1. The van der Waals surface area contributed by atoms with Crippen LogP contribution in [0.25, 0.3) is 0 Å². The molecule has 9 heteroatoms. The van der Waals surface area contributed by atoms with E-state index in [0.29, 0.717) is 0 Å². The quantitative estimate of drug-likeness (QED) is 0.438. The molecular formula is C23H26N6O3. The first-order chi connectivity index (χ1) is 15.4. The molecule has 32 heavy (non-hydrogen) atoms. The van der Waals surface area contributed by atoms with Crippen molar-refractivity contribution in [3.05, 3.63) is 72.1 Å². The van der Waals surface area contributed by atoms with Crippen molar-refractivity contribution < 1.29 is 14.3 Å². The third-order valence-electron chi connectivity index (χ3n) is 4.52. The van der Waals surface area contributed by atoms with Crippen molar-refractivity contribution in [2.75, 3.05) is 11.1 Å². The predicted octanol–water partition coefficient (Wildman–Crippen LogP) is 2.62. The number of carbonyl (C=O) groups is 2.